The Morgan fingerprint density at radius 3 is 2.80 bits per heavy atom. The summed E-state index contributed by atoms with van der Waals surface area (Å²) in [5.41, 5.74) is 6.78. The van der Waals surface area contributed by atoms with Crippen LogP contribution in [0.2, 0.25) is 0 Å². The van der Waals surface area contributed by atoms with Gasteiger partial charge in [-0.15, -0.1) is 11.8 Å². The van der Waals surface area contributed by atoms with Crippen molar-refractivity contribution in [2.24, 2.45) is 5.73 Å². The summed E-state index contributed by atoms with van der Waals surface area (Å²) in [4.78, 5) is 5.62. The SMILES string of the molecule is CSc1cccn2c(C(C)(C)N)ncc12. The minimum absolute atomic E-state index is 0.413. The molecule has 2 heterocycles. The lowest BCUT2D eigenvalue weighted by atomic mass is 10.1. The highest BCUT2D eigenvalue weighted by atomic mass is 32.2. The maximum absolute atomic E-state index is 6.07. The molecule has 0 spiro atoms. The molecule has 0 radical (unpaired) electrons. The van der Waals surface area contributed by atoms with Gasteiger partial charge in [0.15, 0.2) is 0 Å². The molecule has 0 amide bonds. The van der Waals surface area contributed by atoms with Crippen LogP contribution < -0.4 is 5.73 Å². The Morgan fingerprint density at radius 1 is 1.47 bits per heavy atom. The highest BCUT2D eigenvalue weighted by Crippen LogP contribution is 2.24. The summed E-state index contributed by atoms with van der Waals surface area (Å²) in [5, 5.41) is 0. The van der Waals surface area contributed by atoms with Crippen molar-refractivity contribution < 1.29 is 0 Å². The second-order valence-corrected chi connectivity index (χ2v) is 4.98. The Bertz CT molecular complexity index is 482. The number of thioether (sulfide) groups is 1. The molecule has 3 nitrogen and oxygen atoms in total. The van der Waals surface area contributed by atoms with Crippen LogP contribution >= 0.6 is 11.8 Å². The summed E-state index contributed by atoms with van der Waals surface area (Å²) in [6.45, 7) is 3.93. The second kappa shape index (κ2) is 3.54. The predicted molar refractivity (Wildman–Crippen MR) is 64.2 cm³/mol. The van der Waals surface area contributed by atoms with E-state index in [4.69, 9.17) is 5.73 Å². The van der Waals surface area contributed by atoms with Gasteiger partial charge in [-0.2, -0.15) is 0 Å². The van der Waals surface area contributed by atoms with Gasteiger partial charge in [-0.05, 0) is 32.2 Å². The largest absolute Gasteiger partial charge is 0.319 e. The van der Waals surface area contributed by atoms with Crippen molar-refractivity contribution in [2.45, 2.75) is 24.3 Å². The van der Waals surface area contributed by atoms with Crippen molar-refractivity contribution in [3.8, 4) is 0 Å². The number of aromatic nitrogens is 2. The van der Waals surface area contributed by atoms with Crippen molar-refractivity contribution in [3.05, 3.63) is 30.4 Å². The third kappa shape index (κ3) is 1.75. The van der Waals surface area contributed by atoms with E-state index in [-0.39, 0.29) is 0 Å². The van der Waals surface area contributed by atoms with Crippen molar-refractivity contribution in [2.75, 3.05) is 6.26 Å². The molecule has 0 unspecified atom stereocenters. The molecule has 0 saturated carbocycles. The topological polar surface area (TPSA) is 43.3 Å². The number of imidazole rings is 1. The van der Waals surface area contributed by atoms with E-state index in [1.807, 2.05) is 32.3 Å². The van der Waals surface area contributed by atoms with E-state index in [0.29, 0.717) is 0 Å². The van der Waals surface area contributed by atoms with Crippen molar-refractivity contribution in [1.29, 1.82) is 0 Å². The van der Waals surface area contributed by atoms with E-state index in [0.717, 1.165) is 11.3 Å². The lowest BCUT2D eigenvalue weighted by Gasteiger charge is -2.17. The van der Waals surface area contributed by atoms with Gasteiger partial charge in [0, 0.05) is 11.1 Å². The van der Waals surface area contributed by atoms with Crippen LogP contribution in [-0.2, 0) is 5.54 Å². The van der Waals surface area contributed by atoms with E-state index < -0.39 is 5.54 Å². The average molecular weight is 221 g/mol. The Kier molecular flexibility index (Phi) is 2.48. The van der Waals surface area contributed by atoms with E-state index in [9.17, 15) is 0 Å². The maximum atomic E-state index is 6.07. The number of rotatable bonds is 2. The van der Waals surface area contributed by atoms with E-state index in [2.05, 4.69) is 21.7 Å². The van der Waals surface area contributed by atoms with E-state index in [1.54, 1.807) is 11.8 Å². The van der Waals surface area contributed by atoms with Crippen LogP contribution in [0.5, 0.6) is 0 Å². The zero-order valence-corrected chi connectivity index (χ0v) is 10.0. The van der Waals surface area contributed by atoms with Crippen LogP contribution in [0.15, 0.2) is 29.4 Å². The van der Waals surface area contributed by atoms with Gasteiger partial charge in [-0.1, -0.05) is 0 Å². The highest BCUT2D eigenvalue weighted by Gasteiger charge is 2.20. The van der Waals surface area contributed by atoms with Gasteiger partial charge in [0.1, 0.15) is 5.82 Å². The maximum Gasteiger partial charge on any atom is 0.132 e. The molecule has 80 valence electrons. The summed E-state index contributed by atoms with van der Waals surface area (Å²) >= 11 is 1.72. The Hall–Kier alpha value is -1.00. The lowest BCUT2D eigenvalue weighted by molar-refractivity contribution is 0.511. The molecule has 2 aromatic rings. The van der Waals surface area contributed by atoms with Gasteiger partial charge in [0.25, 0.3) is 0 Å². The van der Waals surface area contributed by atoms with Crippen molar-refractivity contribution in [1.82, 2.24) is 9.38 Å². The van der Waals surface area contributed by atoms with Crippen LogP contribution in [0, 0.1) is 0 Å². The quantitative estimate of drug-likeness (QED) is 0.791. The fourth-order valence-electron chi connectivity index (χ4n) is 1.65. The molecule has 0 aliphatic heterocycles. The molecule has 15 heavy (non-hydrogen) atoms. The molecule has 0 bridgehead atoms. The number of fused-ring (bicyclic) bond motifs is 1. The minimum Gasteiger partial charge on any atom is -0.319 e. The first-order chi connectivity index (χ1) is 7.04. The first-order valence-electron chi connectivity index (χ1n) is 4.83. The first-order valence-corrected chi connectivity index (χ1v) is 6.06. The molecule has 0 saturated heterocycles. The number of nitrogens with two attached hydrogens (primary N) is 1. The number of hydrogen-bond donors (Lipinski definition) is 1. The normalized spacial score (nSPS) is 12.3. The fraction of sp³-hybridized carbons (Fsp3) is 0.364. The van der Waals surface area contributed by atoms with Crippen LogP contribution in [0.4, 0.5) is 0 Å². The van der Waals surface area contributed by atoms with Crippen LogP contribution in [0.25, 0.3) is 5.52 Å². The summed E-state index contributed by atoms with van der Waals surface area (Å²) in [5.74, 6) is 0.897. The Morgan fingerprint density at radius 2 is 2.20 bits per heavy atom. The Labute approximate surface area is 93.7 Å². The molecule has 0 atom stereocenters. The molecular formula is C11H15N3S. The van der Waals surface area contributed by atoms with Crippen molar-refractivity contribution in [3.63, 3.8) is 0 Å². The van der Waals surface area contributed by atoms with Crippen molar-refractivity contribution >= 4 is 17.3 Å². The molecule has 0 aliphatic rings. The standard InChI is InChI=1S/C11H15N3S/c1-11(2,12)10-13-7-8-9(15-3)5-4-6-14(8)10/h4-7H,12H2,1-3H3. The number of pyridine rings is 1. The summed E-state index contributed by atoms with van der Waals surface area (Å²) < 4.78 is 2.06. The average Bonchev–Trinajstić information content (AvgIpc) is 2.59. The van der Waals surface area contributed by atoms with Crippen LogP contribution in [-0.4, -0.2) is 15.6 Å². The van der Waals surface area contributed by atoms with Crippen LogP contribution in [0.1, 0.15) is 19.7 Å². The summed E-state index contributed by atoms with van der Waals surface area (Å²) in [7, 11) is 0. The van der Waals surface area contributed by atoms with Gasteiger partial charge in [0.2, 0.25) is 0 Å². The summed E-state index contributed by atoms with van der Waals surface area (Å²) in [6, 6.07) is 4.12. The molecule has 0 fully saturated rings. The zero-order valence-electron chi connectivity index (χ0n) is 9.19. The third-order valence-electron chi connectivity index (χ3n) is 2.33. The zero-order chi connectivity index (χ0) is 11.1. The minimum atomic E-state index is -0.413. The smallest absolute Gasteiger partial charge is 0.132 e. The molecule has 0 aliphatic carbocycles. The Balaban J connectivity index is 2.72. The first kappa shape index (κ1) is 10.5. The van der Waals surface area contributed by atoms with E-state index >= 15 is 0 Å². The molecule has 2 N–H and O–H groups in total. The fourth-order valence-corrected chi connectivity index (χ4v) is 2.22. The van der Waals surface area contributed by atoms with Gasteiger partial charge < -0.3 is 10.1 Å². The van der Waals surface area contributed by atoms with E-state index in [1.165, 1.54) is 4.90 Å². The van der Waals surface area contributed by atoms with Gasteiger partial charge >= 0.3 is 0 Å². The second-order valence-electron chi connectivity index (χ2n) is 4.14. The number of hydrogen-bond acceptors (Lipinski definition) is 3. The van der Waals surface area contributed by atoms with Gasteiger partial charge in [-0.3, -0.25) is 0 Å². The highest BCUT2D eigenvalue weighted by molar-refractivity contribution is 7.98. The van der Waals surface area contributed by atoms with Gasteiger partial charge in [-0.25, -0.2) is 4.98 Å². The van der Waals surface area contributed by atoms with Crippen LogP contribution in [0.3, 0.4) is 0 Å². The molecule has 2 rings (SSSR count). The van der Waals surface area contributed by atoms with Gasteiger partial charge in [0.05, 0.1) is 17.3 Å². The lowest BCUT2D eigenvalue weighted by Crippen LogP contribution is -2.31. The third-order valence-corrected chi connectivity index (χ3v) is 3.11. The monoisotopic (exact) mass is 221 g/mol. The summed E-state index contributed by atoms with van der Waals surface area (Å²) in [6.07, 6.45) is 5.96. The molecule has 4 heteroatoms. The molecule has 0 aromatic carbocycles. The molecular weight excluding hydrogens is 206 g/mol. The predicted octanol–water partition coefficient (Wildman–Crippen LogP) is 2.25. The molecule has 2 aromatic heterocycles. The number of nitrogens with zero attached hydrogens (tertiary/aromatic N) is 2.